The molecule has 1 atom stereocenters. The lowest BCUT2D eigenvalue weighted by Gasteiger charge is -2.15. The van der Waals surface area contributed by atoms with Crippen LogP contribution in [0.15, 0.2) is 16.7 Å². The van der Waals surface area contributed by atoms with Crippen molar-refractivity contribution in [2.45, 2.75) is 52.5 Å². The largest absolute Gasteiger partial charge is 0.436 e. The number of hydrogen-bond donors (Lipinski definition) is 1. The van der Waals surface area contributed by atoms with E-state index in [1.807, 2.05) is 19.9 Å². The second kappa shape index (κ2) is 7.59. The molecule has 0 aromatic carbocycles. The fourth-order valence-electron chi connectivity index (χ4n) is 2.49. The van der Waals surface area contributed by atoms with Crippen molar-refractivity contribution in [3.05, 3.63) is 33.8 Å². The van der Waals surface area contributed by atoms with Gasteiger partial charge in [0.1, 0.15) is 0 Å². The molecule has 2 rings (SSSR count). The molecule has 0 aliphatic heterocycles. The Morgan fingerprint density at radius 3 is 2.64 bits per heavy atom. The Morgan fingerprint density at radius 2 is 2.08 bits per heavy atom. The van der Waals surface area contributed by atoms with Gasteiger partial charge in [-0.05, 0) is 42.8 Å². The van der Waals surface area contributed by atoms with Crippen LogP contribution in [0.2, 0.25) is 0 Å². The molecule has 138 valence electrons. The summed E-state index contributed by atoms with van der Waals surface area (Å²) in [4.78, 5) is 12.1. The number of alkyl halides is 3. The van der Waals surface area contributed by atoms with Crippen molar-refractivity contribution >= 4 is 21.8 Å². The Bertz CT molecular complexity index is 753. The van der Waals surface area contributed by atoms with Crippen LogP contribution < -0.4 is 5.32 Å². The molecular weight excluding hydrogens is 403 g/mol. The fraction of sp³-hybridized carbons (Fsp3) is 0.533. The van der Waals surface area contributed by atoms with Gasteiger partial charge in [-0.15, -0.1) is 0 Å². The van der Waals surface area contributed by atoms with Gasteiger partial charge in [-0.3, -0.25) is 14.2 Å². The van der Waals surface area contributed by atoms with Crippen LogP contribution in [0.3, 0.4) is 0 Å². The lowest BCUT2D eigenvalue weighted by Crippen LogP contribution is -2.29. The third-order valence-corrected chi connectivity index (χ3v) is 4.77. The minimum atomic E-state index is -4.54. The van der Waals surface area contributed by atoms with Gasteiger partial charge in [-0.2, -0.15) is 23.4 Å². The highest BCUT2D eigenvalue weighted by atomic mass is 79.9. The molecule has 1 amide bonds. The van der Waals surface area contributed by atoms with Gasteiger partial charge in [-0.1, -0.05) is 0 Å². The summed E-state index contributed by atoms with van der Waals surface area (Å²) in [6.07, 6.45) is -2.86. The summed E-state index contributed by atoms with van der Waals surface area (Å²) in [5.74, 6) is -0.268. The highest BCUT2D eigenvalue weighted by Crippen LogP contribution is 2.35. The van der Waals surface area contributed by atoms with Crippen LogP contribution in [0, 0.1) is 6.92 Å². The smallest absolute Gasteiger partial charge is 0.348 e. The molecule has 0 spiro atoms. The summed E-state index contributed by atoms with van der Waals surface area (Å²) >= 11 is 2.91. The van der Waals surface area contributed by atoms with Gasteiger partial charge in [-0.25, -0.2) is 0 Å². The zero-order chi connectivity index (χ0) is 18.8. The molecule has 0 aliphatic rings. The minimum Gasteiger partial charge on any atom is -0.348 e. The SMILES string of the molecule is CCn1nccc1C(C)NC(=O)CCn1nc(C(F)(F)F)c(Br)c1C. The van der Waals surface area contributed by atoms with E-state index in [-0.39, 0.29) is 29.4 Å². The first-order valence-electron chi connectivity index (χ1n) is 7.76. The fourth-order valence-corrected chi connectivity index (χ4v) is 3.00. The van der Waals surface area contributed by atoms with E-state index in [0.29, 0.717) is 12.2 Å². The molecule has 1 unspecified atom stereocenters. The summed E-state index contributed by atoms with van der Waals surface area (Å²) in [5, 5.41) is 10.5. The Hall–Kier alpha value is -1.84. The van der Waals surface area contributed by atoms with Crippen LogP contribution in [0.4, 0.5) is 13.2 Å². The van der Waals surface area contributed by atoms with E-state index < -0.39 is 11.9 Å². The number of amides is 1. The third kappa shape index (κ3) is 4.42. The van der Waals surface area contributed by atoms with Gasteiger partial charge in [0, 0.05) is 19.2 Å². The van der Waals surface area contributed by atoms with E-state index in [0.717, 1.165) is 5.69 Å². The van der Waals surface area contributed by atoms with Crippen molar-refractivity contribution in [3.63, 3.8) is 0 Å². The monoisotopic (exact) mass is 421 g/mol. The first-order chi connectivity index (χ1) is 11.6. The van der Waals surface area contributed by atoms with Crippen molar-refractivity contribution in [1.82, 2.24) is 24.9 Å². The Balaban J connectivity index is 1.99. The Morgan fingerprint density at radius 1 is 1.40 bits per heavy atom. The molecular formula is C15H19BrF3N5O. The van der Waals surface area contributed by atoms with Crippen LogP contribution in [-0.2, 0) is 24.1 Å². The summed E-state index contributed by atoms with van der Waals surface area (Å²) in [6.45, 7) is 6.04. The molecule has 25 heavy (non-hydrogen) atoms. The molecule has 6 nitrogen and oxygen atoms in total. The van der Waals surface area contributed by atoms with Crippen molar-refractivity contribution < 1.29 is 18.0 Å². The highest BCUT2D eigenvalue weighted by Gasteiger charge is 2.37. The van der Waals surface area contributed by atoms with Crippen molar-refractivity contribution in [1.29, 1.82) is 0 Å². The van der Waals surface area contributed by atoms with Crippen LogP contribution in [0.1, 0.15) is 43.4 Å². The number of hydrogen-bond acceptors (Lipinski definition) is 3. The molecule has 0 saturated carbocycles. The van der Waals surface area contributed by atoms with E-state index >= 15 is 0 Å². The number of carbonyl (C=O) groups excluding carboxylic acids is 1. The molecule has 2 aromatic heterocycles. The van der Waals surface area contributed by atoms with Gasteiger partial charge in [0.15, 0.2) is 5.69 Å². The second-order valence-electron chi connectivity index (χ2n) is 5.58. The van der Waals surface area contributed by atoms with Crippen LogP contribution >= 0.6 is 15.9 Å². The summed E-state index contributed by atoms with van der Waals surface area (Å²) < 4.78 is 41.4. The number of nitrogens with zero attached hydrogens (tertiary/aromatic N) is 4. The van der Waals surface area contributed by atoms with Gasteiger partial charge in [0.05, 0.1) is 28.4 Å². The number of aryl methyl sites for hydroxylation is 2. The summed E-state index contributed by atoms with van der Waals surface area (Å²) in [7, 11) is 0. The number of aromatic nitrogens is 4. The van der Waals surface area contributed by atoms with Gasteiger partial charge < -0.3 is 5.32 Å². The zero-order valence-corrected chi connectivity index (χ0v) is 15.6. The minimum absolute atomic E-state index is 0.0247. The summed E-state index contributed by atoms with van der Waals surface area (Å²) in [5.41, 5.74) is 0.219. The highest BCUT2D eigenvalue weighted by molar-refractivity contribution is 9.10. The van der Waals surface area contributed by atoms with Gasteiger partial charge in [0.2, 0.25) is 5.91 Å². The molecule has 2 heterocycles. The predicted molar refractivity (Wildman–Crippen MR) is 88.7 cm³/mol. The molecule has 0 saturated heterocycles. The average Bonchev–Trinajstić information content (AvgIpc) is 3.11. The molecule has 0 fully saturated rings. The molecule has 0 radical (unpaired) electrons. The number of halogens is 4. The lowest BCUT2D eigenvalue weighted by molar-refractivity contribution is -0.142. The average molecular weight is 422 g/mol. The third-order valence-electron chi connectivity index (χ3n) is 3.82. The topological polar surface area (TPSA) is 64.7 Å². The maximum absolute atomic E-state index is 12.8. The number of rotatable bonds is 6. The summed E-state index contributed by atoms with van der Waals surface area (Å²) in [6, 6.07) is 1.57. The standard InChI is InChI=1S/C15H19BrF3N5O/c1-4-23-11(5-7-20-23)9(2)21-12(25)6-8-24-10(3)13(16)14(22-24)15(17,18)19/h5,7,9H,4,6,8H2,1-3H3,(H,21,25). The van der Waals surface area contributed by atoms with Crippen molar-refractivity contribution in [2.75, 3.05) is 0 Å². The maximum atomic E-state index is 12.8. The number of carbonyl (C=O) groups is 1. The molecule has 0 aliphatic carbocycles. The lowest BCUT2D eigenvalue weighted by atomic mass is 10.2. The zero-order valence-electron chi connectivity index (χ0n) is 14.1. The van der Waals surface area contributed by atoms with Crippen LogP contribution in [0.25, 0.3) is 0 Å². The van der Waals surface area contributed by atoms with E-state index in [2.05, 4.69) is 31.4 Å². The van der Waals surface area contributed by atoms with Crippen LogP contribution in [0.5, 0.6) is 0 Å². The second-order valence-corrected chi connectivity index (χ2v) is 6.37. The molecule has 0 bridgehead atoms. The normalized spacial score (nSPS) is 13.1. The number of nitrogens with one attached hydrogen (secondary N) is 1. The van der Waals surface area contributed by atoms with E-state index in [1.165, 1.54) is 11.6 Å². The molecule has 1 N–H and O–H groups in total. The van der Waals surface area contributed by atoms with Gasteiger partial charge >= 0.3 is 6.18 Å². The Kier molecular flexibility index (Phi) is 5.91. The molecule has 10 heteroatoms. The first-order valence-corrected chi connectivity index (χ1v) is 8.55. The van der Waals surface area contributed by atoms with E-state index in [1.54, 1.807) is 10.9 Å². The van der Waals surface area contributed by atoms with E-state index in [4.69, 9.17) is 0 Å². The Labute approximate surface area is 151 Å². The quantitative estimate of drug-likeness (QED) is 0.776. The van der Waals surface area contributed by atoms with Gasteiger partial charge in [0.25, 0.3) is 0 Å². The first kappa shape index (κ1) is 19.5. The van der Waals surface area contributed by atoms with Crippen molar-refractivity contribution in [3.8, 4) is 0 Å². The molecule has 2 aromatic rings. The van der Waals surface area contributed by atoms with E-state index in [9.17, 15) is 18.0 Å². The predicted octanol–water partition coefficient (Wildman–Crippen LogP) is 3.46. The van der Waals surface area contributed by atoms with Crippen LogP contribution in [-0.4, -0.2) is 25.5 Å². The van der Waals surface area contributed by atoms with Crippen molar-refractivity contribution in [2.24, 2.45) is 0 Å². The maximum Gasteiger partial charge on any atom is 0.436 e.